The first-order valence-corrected chi connectivity index (χ1v) is 5.51. The molecule has 0 unspecified atom stereocenters. The fourth-order valence-corrected chi connectivity index (χ4v) is 1.39. The Morgan fingerprint density at radius 1 is 1.50 bits per heavy atom. The van der Waals surface area contributed by atoms with E-state index in [-0.39, 0.29) is 0 Å². The number of cyclic esters (lactones) is 2. The zero-order chi connectivity index (χ0) is 10.6. The first-order valence-electron chi connectivity index (χ1n) is 4.46. The zero-order valence-electron chi connectivity index (χ0n) is 8.57. The summed E-state index contributed by atoms with van der Waals surface area (Å²) in [6.45, 7) is 5.67. The zero-order valence-corrected chi connectivity index (χ0v) is 9.39. The largest absolute Gasteiger partial charge is 0.514 e. The Morgan fingerprint density at radius 2 is 2.21 bits per heavy atom. The van der Waals surface area contributed by atoms with Gasteiger partial charge in [-0.2, -0.15) is 0 Å². The van der Waals surface area contributed by atoms with E-state index in [1.165, 1.54) is 0 Å². The van der Waals surface area contributed by atoms with E-state index >= 15 is 0 Å². The highest BCUT2D eigenvalue weighted by Crippen LogP contribution is 2.29. The fourth-order valence-electron chi connectivity index (χ4n) is 1.01. The minimum Gasteiger partial charge on any atom is -0.420 e. The number of hydrogen-bond donors (Lipinski definition) is 0. The third-order valence-corrected chi connectivity index (χ3v) is 2.40. The van der Waals surface area contributed by atoms with Crippen molar-refractivity contribution in [2.75, 3.05) is 5.75 Å². The first kappa shape index (κ1) is 11.2. The van der Waals surface area contributed by atoms with Gasteiger partial charge in [-0.1, -0.05) is 13.0 Å². The van der Waals surface area contributed by atoms with Gasteiger partial charge in [0, 0.05) is 0 Å². The van der Waals surface area contributed by atoms with Crippen LogP contribution < -0.4 is 0 Å². The number of rotatable bonds is 3. The van der Waals surface area contributed by atoms with E-state index < -0.39 is 11.8 Å². The molecule has 4 heteroatoms. The second-order valence-corrected chi connectivity index (χ2v) is 4.46. The molecule has 0 aromatic carbocycles. The van der Waals surface area contributed by atoms with Gasteiger partial charge < -0.3 is 9.47 Å². The lowest BCUT2D eigenvalue weighted by molar-refractivity contribution is 0.0872. The van der Waals surface area contributed by atoms with Crippen LogP contribution in [0, 0.1) is 0 Å². The molecule has 1 fully saturated rings. The van der Waals surface area contributed by atoms with Gasteiger partial charge in [-0.05, 0) is 31.1 Å². The predicted octanol–water partition coefficient (Wildman–Crippen LogP) is 3.08. The number of carbonyl (C=O) groups is 1. The van der Waals surface area contributed by atoms with Crippen LogP contribution in [0.4, 0.5) is 4.79 Å². The van der Waals surface area contributed by atoms with Crippen molar-refractivity contribution in [1.29, 1.82) is 0 Å². The molecule has 0 aromatic heterocycles. The molecule has 0 radical (unpaired) electrons. The lowest BCUT2D eigenvalue weighted by Gasteiger charge is -2.12. The monoisotopic (exact) mass is 214 g/mol. The number of ether oxygens (including phenoxy) is 2. The Balaban J connectivity index is 2.63. The number of allylic oxidation sites excluding steroid dienone is 2. The number of thioether (sulfide) groups is 1. The Bertz CT molecular complexity index is 279. The Hall–Kier alpha value is -0.900. The van der Waals surface area contributed by atoms with Crippen LogP contribution in [0.25, 0.3) is 0 Å². The van der Waals surface area contributed by atoms with Crippen molar-refractivity contribution in [2.24, 2.45) is 0 Å². The van der Waals surface area contributed by atoms with Gasteiger partial charge in [0.25, 0.3) is 0 Å². The molecule has 1 aliphatic rings. The van der Waals surface area contributed by atoms with Crippen LogP contribution in [0.2, 0.25) is 0 Å². The number of hydrogen-bond acceptors (Lipinski definition) is 4. The molecule has 0 spiro atoms. The molecule has 1 rings (SSSR count). The Labute approximate surface area is 88.2 Å². The maximum absolute atomic E-state index is 10.8. The van der Waals surface area contributed by atoms with Crippen molar-refractivity contribution in [3.05, 3.63) is 23.3 Å². The lowest BCUT2D eigenvalue weighted by atomic mass is 10.1. The van der Waals surface area contributed by atoms with Crippen molar-refractivity contribution in [1.82, 2.24) is 0 Å². The average Bonchev–Trinajstić information content (AvgIpc) is 2.33. The summed E-state index contributed by atoms with van der Waals surface area (Å²) >= 11 is 1.69. The minimum absolute atomic E-state index is 0.551. The van der Waals surface area contributed by atoms with Gasteiger partial charge in [-0.15, -0.1) is 11.8 Å². The molecule has 0 aliphatic carbocycles. The quantitative estimate of drug-likeness (QED) is 0.676. The molecule has 0 atom stereocenters. The van der Waals surface area contributed by atoms with Crippen molar-refractivity contribution in [2.45, 2.75) is 26.4 Å². The van der Waals surface area contributed by atoms with E-state index in [0.717, 1.165) is 5.75 Å². The SMILES string of the molecule is CCS/C=C/C=C1\OC(=O)OC1(C)C. The molecule has 0 saturated carbocycles. The van der Waals surface area contributed by atoms with E-state index in [2.05, 4.69) is 6.92 Å². The molecule has 78 valence electrons. The van der Waals surface area contributed by atoms with Gasteiger partial charge in [0.15, 0.2) is 11.4 Å². The molecule has 0 N–H and O–H groups in total. The summed E-state index contributed by atoms with van der Waals surface area (Å²) in [6, 6.07) is 0. The summed E-state index contributed by atoms with van der Waals surface area (Å²) in [6.07, 6.45) is 2.98. The Kier molecular flexibility index (Phi) is 3.63. The van der Waals surface area contributed by atoms with Crippen LogP contribution in [-0.4, -0.2) is 17.5 Å². The van der Waals surface area contributed by atoms with Crippen LogP contribution in [0.3, 0.4) is 0 Å². The Morgan fingerprint density at radius 3 is 2.71 bits per heavy atom. The van der Waals surface area contributed by atoms with Gasteiger partial charge in [0.2, 0.25) is 0 Å². The molecule has 14 heavy (non-hydrogen) atoms. The van der Waals surface area contributed by atoms with Gasteiger partial charge in [-0.25, -0.2) is 4.79 Å². The third-order valence-electron chi connectivity index (χ3n) is 1.71. The maximum Gasteiger partial charge on any atom is 0.514 e. The molecular formula is C10H14O3S. The second kappa shape index (κ2) is 4.55. The number of carbonyl (C=O) groups excluding carboxylic acids is 1. The smallest absolute Gasteiger partial charge is 0.420 e. The van der Waals surface area contributed by atoms with Gasteiger partial charge in [-0.3, -0.25) is 0 Å². The highest BCUT2D eigenvalue weighted by molar-refractivity contribution is 8.02. The van der Waals surface area contributed by atoms with Crippen LogP contribution in [0.5, 0.6) is 0 Å². The van der Waals surface area contributed by atoms with Gasteiger partial charge >= 0.3 is 6.16 Å². The molecule has 3 nitrogen and oxygen atoms in total. The molecular weight excluding hydrogens is 200 g/mol. The lowest BCUT2D eigenvalue weighted by Crippen LogP contribution is -2.20. The summed E-state index contributed by atoms with van der Waals surface area (Å²) < 4.78 is 9.84. The van der Waals surface area contributed by atoms with Crippen molar-refractivity contribution < 1.29 is 14.3 Å². The normalized spacial score (nSPS) is 22.8. The van der Waals surface area contributed by atoms with Gasteiger partial charge in [0.1, 0.15) is 0 Å². The highest BCUT2D eigenvalue weighted by atomic mass is 32.2. The van der Waals surface area contributed by atoms with E-state index in [9.17, 15) is 4.79 Å². The van der Waals surface area contributed by atoms with Crippen molar-refractivity contribution in [3.63, 3.8) is 0 Å². The third kappa shape index (κ3) is 2.80. The maximum atomic E-state index is 10.8. The van der Waals surface area contributed by atoms with Crippen LogP contribution in [0.1, 0.15) is 20.8 Å². The summed E-state index contributed by atoms with van der Waals surface area (Å²) in [4.78, 5) is 10.8. The predicted molar refractivity (Wildman–Crippen MR) is 57.0 cm³/mol. The van der Waals surface area contributed by atoms with Crippen LogP contribution in [0.15, 0.2) is 23.3 Å². The van der Waals surface area contributed by atoms with Crippen LogP contribution >= 0.6 is 11.8 Å². The second-order valence-electron chi connectivity index (χ2n) is 3.28. The van der Waals surface area contributed by atoms with Crippen LogP contribution in [-0.2, 0) is 9.47 Å². The molecule has 0 amide bonds. The molecule has 1 aliphatic heterocycles. The average molecular weight is 214 g/mol. The summed E-state index contributed by atoms with van der Waals surface area (Å²) in [5.74, 6) is 1.58. The van der Waals surface area contributed by atoms with Gasteiger partial charge in [0.05, 0.1) is 0 Å². The van der Waals surface area contributed by atoms with Crippen molar-refractivity contribution in [3.8, 4) is 0 Å². The standard InChI is InChI=1S/C10H14O3S/c1-4-14-7-5-6-8-10(2,3)13-9(11)12-8/h5-7H,4H2,1-3H3/b7-5+,8-6-. The molecule has 0 aromatic rings. The highest BCUT2D eigenvalue weighted by Gasteiger charge is 2.38. The summed E-state index contributed by atoms with van der Waals surface area (Å²) in [7, 11) is 0. The molecule has 0 bridgehead atoms. The molecule has 1 heterocycles. The summed E-state index contributed by atoms with van der Waals surface area (Å²) in [5, 5.41) is 1.95. The van der Waals surface area contributed by atoms with E-state index in [0.29, 0.717) is 5.76 Å². The fraction of sp³-hybridized carbons (Fsp3) is 0.500. The van der Waals surface area contributed by atoms with E-state index in [1.54, 1.807) is 31.7 Å². The first-order chi connectivity index (χ1) is 6.56. The minimum atomic E-state index is -0.641. The summed E-state index contributed by atoms with van der Waals surface area (Å²) in [5.41, 5.74) is -0.641. The topological polar surface area (TPSA) is 35.5 Å². The van der Waals surface area contributed by atoms with E-state index in [1.807, 2.05) is 11.5 Å². The van der Waals surface area contributed by atoms with Crippen molar-refractivity contribution >= 4 is 17.9 Å². The molecule has 1 saturated heterocycles. The van der Waals surface area contributed by atoms with E-state index in [4.69, 9.17) is 9.47 Å².